The zero-order chi connectivity index (χ0) is 12.1. The van der Waals surface area contributed by atoms with E-state index >= 15 is 0 Å². The van der Waals surface area contributed by atoms with Crippen molar-refractivity contribution in [1.29, 1.82) is 0 Å². The largest absolute Gasteiger partial charge is 0.497 e. The molecule has 0 atom stereocenters. The van der Waals surface area contributed by atoms with Gasteiger partial charge in [-0.25, -0.2) is 0 Å². The molecule has 0 radical (unpaired) electrons. The molecule has 0 heterocycles. The van der Waals surface area contributed by atoms with Crippen molar-refractivity contribution in [2.75, 3.05) is 7.11 Å². The average molecular weight is 245 g/mol. The van der Waals surface area contributed by atoms with E-state index in [0.717, 1.165) is 12.3 Å². The van der Waals surface area contributed by atoms with E-state index in [2.05, 4.69) is 53.9 Å². The number of methoxy groups -OCH3 is 1. The van der Waals surface area contributed by atoms with Crippen LogP contribution in [0.2, 0.25) is 0 Å². The van der Waals surface area contributed by atoms with E-state index in [1.807, 2.05) is 12.1 Å². The summed E-state index contributed by atoms with van der Waals surface area (Å²) in [6.45, 7) is 0.757. The van der Waals surface area contributed by atoms with E-state index in [1.165, 1.54) is 16.7 Å². The summed E-state index contributed by atoms with van der Waals surface area (Å²) in [6.07, 6.45) is 0. The Bertz CT molecular complexity index is 482. The maximum atomic E-state index is 5.15. The highest BCUT2D eigenvalue weighted by Gasteiger charge is 1.99. The number of hydrogen-bond acceptors (Lipinski definition) is 3. The molecule has 3 heteroatoms. The van der Waals surface area contributed by atoms with Gasteiger partial charge in [-0.3, -0.25) is 4.72 Å². The van der Waals surface area contributed by atoms with Crippen molar-refractivity contribution in [3.8, 4) is 16.9 Å². The number of nitrogens with one attached hydrogen (secondary N) is 1. The van der Waals surface area contributed by atoms with Gasteiger partial charge in [0.2, 0.25) is 0 Å². The molecule has 0 bridgehead atoms. The molecule has 0 aromatic heterocycles. The molecule has 2 rings (SSSR count). The van der Waals surface area contributed by atoms with Crippen molar-refractivity contribution in [1.82, 2.24) is 4.72 Å². The van der Waals surface area contributed by atoms with Crippen LogP contribution in [0.25, 0.3) is 11.1 Å². The summed E-state index contributed by atoms with van der Waals surface area (Å²) >= 11 is 4.01. The van der Waals surface area contributed by atoms with Crippen molar-refractivity contribution in [2.24, 2.45) is 0 Å². The molecule has 1 N–H and O–H groups in total. The van der Waals surface area contributed by atoms with Gasteiger partial charge >= 0.3 is 0 Å². The Kier molecular flexibility index (Phi) is 4.07. The topological polar surface area (TPSA) is 21.3 Å². The molecule has 0 aliphatic carbocycles. The molecule has 0 aliphatic heterocycles. The fraction of sp³-hybridized carbons (Fsp3) is 0.143. The van der Waals surface area contributed by atoms with Crippen LogP contribution in [0.4, 0.5) is 0 Å². The zero-order valence-electron chi connectivity index (χ0n) is 9.68. The van der Waals surface area contributed by atoms with Gasteiger partial charge in [0.1, 0.15) is 5.75 Å². The summed E-state index contributed by atoms with van der Waals surface area (Å²) in [4.78, 5) is 0. The maximum absolute atomic E-state index is 5.15. The Labute approximate surface area is 107 Å². The van der Waals surface area contributed by atoms with Gasteiger partial charge < -0.3 is 4.74 Å². The summed E-state index contributed by atoms with van der Waals surface area (Å²) < 4.78 is 8.00. The average Bonchev–Trinajstić information content (AvgIpc) is 2.40. The number of thiol groups is 1. The Morgan fingerprint density at radius 3 is 2.47 bits per heavy atom. The van der Waals surface area contributed by atoms with Crippen molar-refractivity contribution in [3.05, 3.63) is 54.1 Å². The smallest absolute Gasteiger partial charge is 0.118 e. The highest BCUT2D eigenvalue weighted by molar-refractivity contribution is 7.78. The standard InChI is InChI=1S/C14H15NOS/c1-16-14-7-5-12(6-8-14)13-4-2-3-11(9-13)10-15-17/h2-9,15,17H,10H2,1H3. The van der Waals surface area contributed by atoms with E-state index in [0.29, 0.717) is 0 Å². The Morgan fingerprint density at radius 2 is 1.82 bits per heavy atom. The zero-order valence-corrected chi connectivity index (χ0v) is 10.6. The van der Waals surface area contributed by atoms with Crippen LogP contribution in [0.3, 0.4) is 0 Å². The Balaban J connectivity index is 2.28. The molecule has 2 aromatic carbocycles. The lowest BCUT2D eigenvalue weighted by Crippen LogP contribution is -1.98. The van der Waals surface area contributed by atoms with E-state index in [4.69, 9.17) is 4.74 Å². The first kappa shape index (κ1) is 12.0. The molecule has 0 spiro atoms. The highest BCUT2D eigenvalue weighted by Crippen LogP contribution is 2.23. The molecule has 0 saturated heterocycles. The van der Waals surface area contributed by atoms with E-state index in [-0.39, 0.29) is 0 Å². The molecular formula is C14H15NOS. The first-order chi connectivity index (χ1) is 8.33. The molecule has 0 fully saturated rings. The molecule has 17 heavy (non-hydrogen) atoms. The van der Waals surface area contributed by atoms with Gasteiger partial charge in [0.25, 0.3) is 0 Å². The van der Waals surface area contributed by atoms with Crippen LogP contribution in [0.1, 0.15) is 5.56 Å². The molecule has 2 nitrogen and oxygen atoms in total. The molecular weight excluding hydrogens is 230 g/mol. The van der Waals surface area contributed by atoms with Crippen molar-refractivity contribution < 1.29 is 4.74 Å². The van der Waals surface area contributed by atoms with Crippen molar-refractivity contribution >= 4 is 12.8 Å². The van der Waals surface area contributed by atoms with Gasteiger partial charge in [-0.05, 0) is 34.9 Å². The number of benzene rings is 2. The van der Waals surface area contributed by atoms with E-state index < -0.39 is 0 Å². The molecule has 88 valence electrons. The maximum Gasteiger partial charge on any atom is 0.118 e. The monoisotopic (exact) mass is 245 g/mol. The van der Waals surface area contributed by atoms with Crippen LogP contribution in [0, 0.1) is 0 Å². The molecule has 0 saturated carbocycles. The number of hydrogen-bond donors (Lipinski definition) is 2. The predicted octanol–water partition coefficient (Wildman–Crippen LogP) is 3.30. The summed E-state index contributed by atoms with van der Waals surface area (Å²) in [6, 6.07) is 16.5. The summed E-state index contributed by atoms with van der Waals surface area (Å²) in [5, 5.41) is 0. The number of ether oxygens (including phenoxy) is 1. The second-order valence-corrected chi connectivity index (χ2v) is 4.08. The van der Waals surface area contributed by atoms with Crippen molar-refractivity contribution in [3.63, 3.8) is 0 Å². The third kappa shape index (κ3) is 3.02. The van der Waals surface area contributed by atoms with Crippen LogP contribution >= 0.6 is 12.8 Å². The van der Waals surface area contributed by atoms with E-state index in [9.17, 15) is 0 Å². The minimum atomic E-state index is 0.757. The lowest BCUT2D eigenvalue weighted by molar-refractivity contribution is 0.415. The van der Waals surface area contributed by atoms with Crippen LogP contribution in [0.5, 0.6) is 5.75 Å². The number of rotatable bonds is 4. The fourth-order valence-corrected chi connectivity index (χ4v) is 1.92. The van der Waals surface area contributed by atoms with E-state index in [1.54, 1.807) is 7.11 Å². The van der Waals surface area contributed by atoms with Gasteiger partial charge in [-0.2, -0.15) is 0 Å². The predicted molar refractivity (Wildman–Crippen MR) is 74.3 cm³/mol. The van der Waals surface area contributed by atoms with Crippen LogP contribution in [-0.4, -0.2) is 7.11 Å². The summed E-state index contributed by atoms with van der Waals surface area (Å²) in [5.74, 6) is 0.877. The Morgan fingerprint density at radius 1 is 1.06 bits per heavy atom. The quantitative estimate of drug-likeness (QED) is 0.806. The second kappa shape index (κ2) is 5.75. The third-order valence-corrected chi connectivity index (χ3v) is 2.79. The molecule has 0 aliphatic rings. The summed E-state index contributed by atoms with van der Waals surface area (Å²) in [5.41, 5.74) is 3.61. The van der Waals surface area contributed by atoms with Gasteiger partial charge in [0, 0.05) is 6.54 Å². The van der Waals surface area contributed by atoms with Gasteiger partial charge in [0.05, 0.1) is 7.11 Å². The van der Waals surface area contributed by atoms with Crippen molar-refractivity contribution in [2.45, 2.75) is 6.54 Å². The molecule has 2 aromatic rings. The Hall–Kier alpha value is -1.45. The normalized spacial score (nSPS) is 10.2. The van der Waals surface area contributed by atoms with Crippen LogP contribution in [0.15, 0.2) is 48.5 Å². The minimum absolute atomic E-state index is 0.757. The highest BCUT2D eigenvalue weighted by atomic mass is 32.1. The lowest BCUT2D eigenvalue weighted by atomic mass is 10.0. The SMILES string of the molecule is COc1ccc(-c2cccc(CNS)c2)cc1. The fourth-order valence-electron chi connectivity index (χ4n) is 1.74. The third-order valence-electron chi connectivity index (χ3n) is 2.63. The van der Waals surface area contributed by atoms with Crippen LogP contribution in [-0.2, 0) is 6.54 Å². The van der Waals surface area contributed by atoms with Gasteiger partial charge in [0.15, 0.2) is 0 Å². The molecule has 0 unspecified atom stereocenters. The first-order valence-corrected chi connectivity index (χ1v) is 5.88. The molecule has 0 amide bonds. The summed E-state index contributed by atoms with van der Waals surface area (Å²) in [7, 11) is 1.67. The second-order valence-electron chi connectivity index (χ2n) is 3.76. The minimum Gasteiger partial charge on any atom is -0.497 e. The first-order valence-electron chi connectivity index (χ1n) is 5.44. The van der Waals surface area contributed by atoms with Gasteiger partial charge in [-0.15, -0.1) is 0 Å². The van der Waals surface area contributed by atoms with Gasteiger partial charge in [-0.1, -0.05) is 43.1 Å². The van der Waals surface area contributed by atoms with Crippen LogP contribution < -0.4 is 9.46 Å². The lowest BCUT2D eigenvalue weighted by Gasteiger charge is -2.06.